The second-order valence-corrected chi connectivity index (χ2v) is 6.41. The Morgan fingerprint density at radius 1 is 1.29 bits per heavy atom. The predicted molar refractivity (Wildman–Crippen MR) is 69.3 cm³/mol. The Labute approximate surface area is 120 Å². The average Bonchev–Trinajstić information content (AvgIpc) is 2.28. The van der Waals surface area contributed by atoms with Crippen LogP contribution in [-0.4, -0.2) is 33.0 Å². The molecule has 0 saturated heterocycles. The van der Waals surface area contributed by atoms with E-state index in [1.807, 2.05) is 0 Å². The third kappa shape index (κ3) is 6.98. The van der Waals surface area contributed by atoms with Crippen LogP contribution < -0.4 is 10.1 Å². The topological polar surface area (TPSA) is 72.5 Å². The lowest BCUT2D eigenvalue weighted by Crippen LogP contribution is -2.27. The van der Waals surface area contributed by atoms with Gasteiger partial charge >= 0.3 is 6.36 Å². The molecule has 5 nitrogen and oxygen atoms in total. The van der Waals surface area contributed by atoms with Crippen molar-refractivity contribution in [3.8, 4) is 5.75 Å². The summed E-state index contributed by atoms with van der Waals surface area (Å²) in [5, 5.41) is 2.31. The van der Waals surface area contributed by atoms with Gasteiger partial charge in [-0.15, -0.1) is 13.2 Å². The number of carbonyl (C=O) groups is 1. The van der Waals surface area contributed by atoms with Crippen molar-refractivity contribution in [2.45, 2.75) is 19.0 Å². The van der Waals surface area contributed by atoms with Crippen LogP contribution in [0.2, 0.25) is 0 Å². The van der Waals surface area contributed by atoms with Gasteiger partial charge in [-0.1, -0.05) is 18.2 Å². The zero-order valence-corrected chi connectivity index (χ0v) is 11.9. The van der Waals surface area contributed by atoms with Crippen molar-refractivity contribution in [2.75, 3.05) is 12.3 Å². The summed E-state index contributed by atoms with van der Waals surface area (Å²) in [4.78, 5) is 10.6. The van der Waals surface area contributed by atoms with E-state index in [1.54, 1.807) is 0 Å². The van der Waals surface area contributed by atoms with Gasteiger partial charge < -0.3 is 10.1 Å². The number of halogens is 3. The molecule has 0 bridgehead atoms. The standard InChI is InChI=1S/C12H14F3NO4S/c1-9(17)16-6-7-21(18,19)8-10-4-2-3-5-11(10)20-12(13,14)15/h2-5H,6-8H2,1H3,(H,16,17). The first-order chi connectivity index (χ1) is 9.59. The lowest BCUT2D eigenvalue weighted by molar-refractivity contribution is -0.274. The number of carbonyl (C=O) groups excluding carboxylic acids is 1. The zero-order valence-electron chi connectivity index (χ0n) is 11.1. The number of hydrogen-bond donors (Lipinski definition) is 1. The van der Waals surface area contributed by atoms with Crippen LogP contribution in [0.5, 0.6) is 5.75 Å². The lowest BCUT2D eigenvalue weighted by atomic mass is 10.2. The van der Waals surface area contributed by atoms with E-state index in [0.29, 0.717) is 0 Å². The highest BCUT2D eigenvalue weighted by atomic mass is 32.2. The monoisotopic (exact) mass is 325 g/mol. The number of para-hydroxylation sites is 1. The highest BCUT2D eigenvalue weighted by molar-refractivity contribution is 7.90. The number of alkyl halides is 3. The van der Waals surface area contributed by atoms with Gasteiger partial charge in [0.25, 0.3) is 0 Å². The first-order valence-corrected chi connectivity index (χ1v) is 7.70. The first-order valence-electron chi connectivity index (χ1n) is 5.87. The minimum Gasteiger partial charge on any atom is -0.405 e. The minimum atomic E-state index is -4.89. The lowest BCUT2D eigenvalue weighted by Gasteiger charge is -2.13. The van der Waals surface area contributed by atoms with Gasteiger partial charge in [0.2, 0.25) is 5.91 Å². The Bertz CT molecular complexity index is 599. The molecule has 0 radical (unpaired) electrons. The van der Waals surface area contributed by atoms with Crippen LogP contribution in [0.3, 0.4) is 0 Å². The largest absolute Gasteiger partial charge is 0.573 e. The average molecular weight is 325 g/mol. The van der Waals surface area contributed by atoms with Crippen molar-refractivity contribution < 1.29 is 31.1 Å². The Balaban J connectivity index is 2.80. The summed E-state index contributed by atoms with van der Waals surface area (Å²) in [5.41, 5.74) is -0.0855. The maximum absolute atomic E-state index is 12.2. The third-order valence-electron chi connectivity index (χ3n) is 2.36. The van der Waals surface area contributed by atoms with E-state index in [1.165, 1.54) is 25.1 Å². The van der Waals surface area contributed by atoms with Gasteiger partial charge in [0, 0.05) is 19.0 Å². The summed E-state index contributed by atoms with van der Waals surface area (Å²) in [7, 11) is -3.67. The first kappa shape index (κ1) is 17.3. The van der Waals surface area contributed by atoms with Gasteiger partial charge in [0.1, 0.15) is 5.75 Å². The number of hydrogen-bond acceptors (Lipinski definition) is 4. The Morgan fingerprint density at radius 3 is 2.48 bits per heavy atom. The molecule has 21 heavy (non-hydrogen) atoms. The molecule has 0 saturated carbocycles. The van der Waals surface area contributed by atoms with Crippen molar-refractivity contribution in [1.82, 2.24) is 5.32 Å². The molecule has 9 heteroatoms. The minimum absolute atomic E-state index is 0.0855. The number of nitrogens with one attached hydrogen (secondary N) is 1. The third-order valence-corrected chi connectivity index (χ3v) is 3.94. The highest BCUT2D eigenvalue weighted by Crippen LogP contribution is 2.27. The molecular formula is C12H14F3NO4S. The van der Waals surface area contributed by atoms with Gasteiger partial charge in [-0.3, -0.25) is 4.79 Å². The van der Waals surface area contributed by atoms with Crippen molar-refractivity contribution in [3.63, 3.8) is 0 Å². The SMILES string of the molecule is CC(=O)NCCS(=O)(=O)Cc1ccccc1OC(F)(F)F. The van der Waals surface area contributed by atoms with Crippen LogP contribution in [0.25, 0.3) is 0 Å². The van der Waals surface area contributed by atoms with Crippen molar-refractivity contribution in [3.05, 3.63) is 29.8 Å². The van der Waals surface area contributed by atoms with Crippen molar-refractivity contribution >= 4 is 15.7 Å². The predicted octanol–water partition coefficient (Wildman–Crippen LogP) is 1.64. The second-order valence-electron chi connectivity index (χ2n) is 4.23. The maximum Gasteiger partial charge on any atom is 0.573 e. The number of amides is 1. The molecule has 0 unspecified atom stereocenters. The molecule has 0 spiro atoms. The maximum atomic E-state index is 12.2. The number of benzene rings is 1. The normalized spacial score (nSPS) is 12.0. The molecule has 1 N–H and O–H groups in total. The fourth-order valence-corrected chi connectivity index (χ4v) is 2.81. The molecule has 1 aromatic carbocycles. The molecule has 0 aromatic heterocycles. The summed E-state index contributed by atoms with van der Waals surface area (Å²) in [6.07, 6.45) is -4.89. The quantitative estimate of drug-likeness (QED) is 0.863. The molecule has 0 atom stereocenters. The van der Waals surface area contributed by atoms with Crippen LogP contribution in [0, 0.1) is 0 Å². The molecule has 0 heterocycles. The molecule has 0 fully saturated rings. The fourth-order valence-electron chi connectivity index (χ4n) is 1.54. The van der Waals surface area contributed by atoms with Gasteiger partial charge in [-0.05, 0) is 6.07 Å². The van der Waals surface area contributed by atoms with Crippen LogP contribution >= 0.6 is 0 Å². The summed E-state index contributed by atoms with van der Waals surface area (Å²) in [6.45, 7) is 1.14. The summed E-state index contributed by atoms with van der Waals surface area (Å²) < 4.78 is 64.1. The van der Waals surface area contributed by atoms with Crippen molar-refractivity contribution in [1.29, 1.82) is 0 Å². The van der Waals surface area contributed by atoms with Gasteiger partial charge in [0.15, 0.2) is 9.84 Å². The van der Waals surface area contributed by atoms with Crippen LogP contribution in [-0.2, 0) is 20.4 Å². The molecular weight excluding hydrogens is 311 g/mol. The molecule has 0 aliphatic heterocycles. The van der Waals surface area contributed by atoms with E-state index in [0.717, 1.165) is 6.07 Å². The van der Waals surface area contributed by atoms with E-state index < -0.39 is 27.7 Å². The van der Waals surface area contributed by atoms with Gasteiger partial charge in [-0.25, -0.2) is 8.42 Å². The Hall–Kier alpha value is -1.77. The van der Waals surface area contributed by atoms with Crippen LogP contribution in [0.15, 0.2) is 24.3 Å². The van der Waals surface area contributed by atoms with Crippen molar-refractivity contribution in [2.24, 2.45) is 0 Å². The molecule has 1 amide bonds. The molecule has 1 rings (SSSR count). The molecule has 0 aliphatic rings. The molecule has 0 aliphatic carbocycles. The Kier molecular flexibility index (Phi) is 5.59. The van der Waals surface area contributed by atoms with E-state index in [4.69, 9.17) is 0 Å². The molecule has 1 aromatic rings. The summed E-state index contributed by atoms with van der Waals surface area (Å²) in [5.74, 6) is -1.90. The number of rotatable bonds is 6. The van der Waals surface area contributed by atoms with Gasteiger partial charge in [-0.2, -0.15) is 0 Å². The van der Waals surface area contributed by atoms with Gasteiger partial charge in [0.05, 0.1) is 11.5 Å². The number of ether oxygens (including phenoxy) is 1. The second kappa shape index (κ2) is 6.79. The van der Waals surface area contributed by atoms with E-state index in [2.05, 4.69) is 10.1 Å². The fraction of sp³-hybridized carbons (Fsp3) is 0.417. The van der Waals surface area contributed by atoms with E-state index in [-0.39, 0.29) is 23.8 Å². The molecule has 118 valence electrons. The van der Waals surface area contributed by atoms with Crippen LogP contribution in [0.1, 0.15) is 12.5 Å². The highest BCUT2D eigenvalue weighted by Gasteiger charge is 2.32. The Morgan fingerprint density at radius 2 is 1.90 bits per heavy atom. The summed E-state index contributed by atoms with van der Waals surface area (Å²) in [6, 6.07) is 5.03. The smallest absolute Gasteiger partial charge is 0.405 e. The van der Waals surface area contributed by atoms with E-state index >= 15 is 0 Å². The van der Waals surface area contributed by atoms with E-state index in [9.17, 15) is 26.4 Å². The number of sulfone groups is 1. The van der Waals surface area contributed by atoms with Crippen LogP contribution in [0.4, 0.5) is 13.2 Å². The summed E-state index contributed by atoms with van der Waals surface area (Å²) >= 11 is 0. The zero-order chi connectivity index (χ0) is 16.1.